The molecule has 2 aromatic carbocycles. The van der Waals surface area contributed by atoms with Crippen LogP contribution in [0.2, 0.25) is 0 Å². The van der Waals surface area contributed by atoms with Gasteiger partial charge in [-0.2, -0.15) is 0 Å². The van der Waals surface area contributed by atoms with Crippen LogP contribution in [0, 0.1) is 0 Å². The summed E-state index contributed by atoms with van der Waals surface area (Å²) in [4.78, 5) is 23.0. The van der Waals surface area contributed by atoms with Gasteiger partial charge in [0.05, 0.1) is 14.5 Å². The fourth-order valence-corrected chi connectivity index (χ4v) is 2.82. The van der Waals surface area contributed by atoms with Crippen LogP contribution >= 0.6 is 31.9 Å². The molecular formula is C14H9Br2NO4. The number of carbonyl (C=O) groups excluding carboxylic acids is 1. The highest BCUT2D eigenvalue weighted by Gasteiger charge is 2.12. The van der Waals surface area contributed by atoms with Crippen molar-refractivity contribution < 1.29 is 19.8 Å². The zero-order valence-electron chi connectivity index (χ0n) is 10.4. The number of aromatic hydroxyl groups is 1. The van der Waals surface area contributed by atoms with Crippen molar-refractivity contribution in [3.05, 3.63) is 56.5 Å². The standard InChI is InChI=1S/C14H9Br2NO4/c15-10-5-9(6-11(16)12(10)18)17-13(19)7-2-1-3-8(4-7)14(20)21/h1-6,18H,(H,17,19)(H,20,21). The number of hydrogen-bond donors (Lipinski definition) is 3. The van der Waals surface area contributed by atoms with Crippen LogP contribution in [0.15, 0.2) is 45.3 Å². The zero-order chi connectivity index (χ0) is 15.6. The van der Waals surface area contributed by atoms with E-state index in [-0.39, 0.29) is 16.9 Å². The highest BCUT2D eigenvalue weighted by atomic mass is 79.9. The molecule has 0 saturated heterocycles. The van der Waals surface area contributed by atoms with Crippen LogP contribution in [0.3, 0.4) is 0 Å². The number of hydrogen-bond acceptors (Lipinski definition) is 3. The van der Waals surface area contributed by atoms with E-state index in [1.807, 2.05) is 0 Å². The van der Waals surface area contributed by atoms with Gasteiger partial charge >= 0.3 is 5.97 Å². The average molecular weight is 415 g/mol. The molecule has 0 aliphatic rings. The molecule has 0 spiro atoms. The predicted octanol–water partition coefficient (Wildman–Crippen LogP) is 3.87. The number of nitrogens with one attached hydrogen (secondary N) is 1. The number of anilines is 1. The molecule has 0 fully saturated rings. The van der Waals surface area contributed by atoms with E-state index in [0.717, 1.165) is 0 Å². The smallest absolute Gasteiger partial charge is 0.335 e. The largest absolute Gasteiger partial charge is 0.506 e. The quantitative estimate of drug-likeness (QED) is 0.665. The molecule has 0 bridgehead atoms. The Morgan fingerprint density at radius 2 is 1.57 bits per heavy atom. The molecule has 2 aromatic rings. The lowest BCUT2D eigenvalue weighted by Crippen LogP contribution is -2.12. The molecule has 108 valence electrons. The lowest BCUT2D eigenvalue weighted by atomic mass is 10.1. The summed E-state index contributed by atoms with van der Waals surface area (Å²) in [6, 6.07) is 8.81. The number of amides is 1. The van der Waals surface area contributed by atoms with Crippen molar-refractivity contribution in [1.82, 2.24) is 0 Å². The number of rotatable bonds is 3. The molecule has 3 N–H and O–H groups in total. The number of halogens is 2. The third kappa shape index (κ3) is 3.62. The third-order valence-electron chi connectivity index (χ3n) is 2.65. The Labute approximate surface area is 136 Å². The van der Waals surface area contributed by atoms with E-state index in [9.17, 15) is 14.7 Å². The van der Waals surface area contributed by atoms with Gasteiger partial charge in [-0.05, 0) is 62.2 Å². The number of carboxylic acid groups (broad SMARTS) is 1. The molecule has 0 aromatic heterocycles. The predicted molar refractivity (Wildman–Crippen MR) is 84.9 cm³/mol. The topological polar surface area (TPSA) is 86.6 Å². The fraction of sp³-hybridized carbons (Fsp3) is 0. The monoisotopic (exact) mass is 413 g/mol. The van der Waals surface area contributed by atoms with E-state index in [1.54, 1.807) is 12.1 Å². The van der Waals surface area contributed by atoms with Gasteiger partial charge in [0.25, 0.3) is 5.91 Å². The van der Waals surface area contributed by atoms with Gasteiger partial charge in [-0.15, -0.1) is 0 Å². The Morgan fingerprint density at radius 1 is 1.00 bits per heavy atom. The van der Waals surface area contributed by atoms with Crippen molar-refractivity contribution in [2.45, 2.75) is 0 Å². The maximum atomic E-state index is 12.1. The molecule has 0 unspecified atom stereocenters. The summed E-state index contributed by atoms with van der Waals surface area (Å²) >= 11 is 6.33. The van der Waals surface area contributed by atoms with Crippen molar-refractivity contribution in [1.29, 1.82) is 0 Å². The SMILES string of the molecule is O=C(O)c1cccc(C(=O)Nc2cc(Br)c(O)c(Br)c2)c1. The summed E-state index contributed by atoms with van der Waals surface area (Å²) < 4.78 is 0.845. The van der Waals surface area contributed by atoms with Gasteiger partial charge in [0, 0.05) is 11.3 Å². The van der Waals surface area contributed by atoms with E-state index < -0.39 is 11.9 Å². The Kier molecular flexibility index (Phi) is 4.64. The first-order valence-electron chi connectivity index (χ1n) is 5.71. The van der Waals surface area contributed by atoms with Crippen LogP contribution in [0.1, 0.15) is 20.7 Å². The number of carbonyl (C=O) groups is 2. The summed E-state index contributed by atoms with van der Waals surface area (Å²) in [5, 5.41) is 21.2. The van der Waals surface area contributed by atoms with E-state index in [1.165, 1.54) is 24.3 Å². The second-order valence-corrected chi connectivity index (χ2v) is 5.84. The van der Waals surface area contributed by atoms with E-state index in [0.29, 0.717) is 14.6 Å². The summed E-state index contributed by atoms with van der Waals surface area (Å²) in [7, 11) is 0. The zero-order valence-corrected chi connectivity index (χ0v) is 13.6. The number of carboxylic acids is 1. The molecule has 0 aliphatic heterocycles. The molecular weight excluding hydrogens is 406 g/mol. The number of phenolic OH excluding ortho intramolecular Hbond substituents is 1. The first-order chi connectivity index (χ1) is 9.88. The maximum absolute atomic E-state index is 12.1. The van der Waals surface area contributed by atoms with Crippen LogP contribution in [0.5, 0.6) is 5.75 Å². The van der Waals surface area contributed by atoms with Crippen molar-refractivity contribution in [3.8, 4) is 5.75 Å². The van der Waals surface area contributed by atoms with Gasteiger partial charge < -0.3 is 15.5 Å². The summed E-state index contributed by atoms with van der Waals surface area (Å²) in [6.45, 7) is 0. The fourth-order valence-electron chi connectivity index (χ4n) is 1.63. The lowest BCUT2D eigenvalue weighted by molar-refractivity contribution is 0.0697. The number of phenols is 1. The van der Waals surface area contributed by atoms with E-state index in [2.05, 4.69) is 37.2 Å². The van der Waals surface area contributed by atoms with Crippen molar-refractivity contribution in [3.63, 3.8) is 0 Å². The van der Waals surface area contributed by atoms with Crippen molar-refractivity contribution in [2.24, 2.45) is 0 Å². The van der Waals surface area contributed by atoms with Crippen LogP contribution < -0.4 is 5.32 Å². The summed E-state index contributed by atoms with van der Waals surface area (Å²) in [5.74, 6) is -1.51. The molecule has 1 amide bonds. The van der Waals surface area contributed by atoms with Gasteiger partial charge in [-0.3, -0.25) is 4.79 Å². The highest BCUT2D eigenvalue weighted by molar-refractivity contribution is 9.11. The first-order valence-corrected chi connectivity index (χ1v) is 7.30. The second-order valence-electron chi connectivity index (χ2n) is 4.13. The van der Waals surface area contributed by atoms with Crippen LogP contribution in [-0.4, -0.2) is 22.1 Å². The van der Waals surface area contributed by atoms with Gasteiger partial charge in [0.1, 0.15) is 5.75 Å². The molecule has 0 aliphatic carbocycles. The Bertz CT molecular complexity index is 708. The molecule has 5 nitrogen and oxygen atoms in total. The Morgan fingerprint density at radius 3 is 2.14 bits per heavy atom. The minimum absolute atomic E-state index is 0.0286. The van der Waals surface area contributed by atoms with Gasteiger partial charge in [0.15, 0.2) is 0 Å². The van der Waals surface area contributed by atoms with E-state index in [4.69, 9.17) is 5.11 Å². The average Bonchev–Trinajstić information content (AvgIpc) is 2.44. The van der Waals surface area contributed by atoms with Crippen molar-refractivity contribution in [2.75, 3.05) is 5.32 Å². The van der Waals surface area contributed by atoms with Crippen LogP contribution in [-0.2, 0) is 0 Å². The normalized spacial score (nSPS) is 10.2. The first kappa shape index (κ1) is 15.5. The molecule has 0 radical (unpaired) electrons. The summed E-state index contributed by atoms with van der Waals surface area (Å²) in [5.41, 5.74) is 0.725. The van der Waals surface area contributed by atoms with E-state index >= 15 is 0 Å². The minimum atomic E-state index is -1.10. The van der Waals surface area contributed by atoms with Gasteiger partial charge in [-0.25, -0.2) is 4.79 Å². The molecule has 2 rings (SSSR count). The number of aromatic carboxylic acids is 1. The minimum Gasteiger partial charge on any atom is -0.506 e. The molecule has 21 heavy (non-hydrogen) atoms. The van der Waals surface area contributed by atoms with Gasteiger partial charge in [-0.1, -0.05) is 6.07 Å². The second kappa shape index (κ2) is 6.28. The third-order valence-corrected chi connectivity index (χ3v) is 3.86. The molecule has 7 heteroatoms. The molecule has 0 heterocycles. The lowest BCUT2D eigenvalue weighted by Gasteiger charge is -2.08. The van der Waals surface area contributed by atoms with Crippen LogP contribution in [0.25, 0.3) is 0 Å². The molecule has 0 saturated carbocycles. The van der Waals surface area contributed by atoms with Gasteiger partial charge in [0.2, 0.25) is 0 Å². The Hall–Kier alpha value is -1.86. The Balaban J connectivity index is 2.26. The maximum Gasteiger partial charge on any atom is 0.335 e. The van der Waals surface area contributed by atoms with Crippen LogP contribution in [0.4, 0.5) is 5.69 Å². The number of benzene rings is 2. The summed E-state index contributed by atoms with van der Waals surface area (Å²) in [6.07, 6.45) is 0. The highest BCUT2D eigenvalue weighted by Crippen LogP contribution is 2.35. The molecule has 0 atom stereocenters. The van der Waals surface area contributed by atoms with Crippen molar-refractivity contribution >= 4 is 49.4 Å².